The zero-order valence-corrected chi connectivity index (χ0v) is 14.1. The molecule has 1 aromatic heterocycles. The van der Waals surface area contributed by atoms with Crippen LogP contribution in [0.3, 0.4) is 0 Å². The standard InChI is InChI=1S/C19H24N2O3/c1-3-13(4-2)17(22)12-21-19(24)15-7-5-14(6-8-15)18(23)16-9-10-20-11-16/h5-11,13,17,20,22H,3-4,12H2,1-2H3,(H,21,24). The Kier molecular flexibility index (Phi) is 6.32. The molecular weight excluding hydrogens is 304 g/mol. The Morgan fingerprint density at radius 3 is 2.21 bits per heavy atom. The minimum atomic E-state index is -0.543. The van der Waals surface area contributed by atoms with Gasteiger partial charge in [0.15, 0.2) is 5.78 Å². The van der Waals surface area contributed by atoms with Crippen molar-refractivity contribution in [2.24, 2.45) is 5.92 Å². The monoisotopic (exact) mass is 328 g/mol. The highest BCUT2D eigenvalue weighted by molar-refractivity contribution is 6.09. The molecule has 3 N–H and O–H groups in total. The molecule has 5 heteroatoms. The number of aromatic nitrogens is 1. The van der Waals surface area contributed by atoms with Crippen molar-refractivity contribution in [1.82, 2.24) is 10.3 Å². The van der Waals surface area contributed by atoms with Gasteiger partial charge in [-0.15, -0.1) is 0 Å². The molecule has 5 nitrogen and oxygen atoms in total. The summed E-state index contributed by atoms with van der Waals surface area (Å²) in [5, 5.41) is 12.8. The van der Waals surface area contributed by atoms with E-state index in [2.05, 4.69) is 10.3 Å². The maximum Gasteiger partial charge on any atom is 0.251 e. The molecule has 0 aliphatic heterocycles. The first-order valence-corrected chi connectivity index (χ1v) is 8.30. The Labute approximate surface area is 142 Å². The topological polar surface area (TPSA) is 82.2 Å². The van der Waals surface area contributed by atoms with E-state index >= 15 is 0 Å². The number of H-pyrrole nitrogens is 1. The zero-order chi connectivity index (χ0) is 17.5. The van der Waals surface area contributed by atoms with Crippen molar-refractivity contribution in [2.75, 3.05) is 6.54 Å². The number of hydrogen-bond donors (Lipinski definition) is 3. The third-order valence-electron chi connectivity index (χ3n) is 4.33. The second-order valence-corrected chi connectivity index (χ2v) is 5.86. The van der Waals surface area contributed by atoms with Gasteiger partial charge in [0.25, 0.3) is 5.91 Å². The normalized spacial score (nSPS) is 12.2. The first kappa shape index (κ1) is 17.9. The van der Waals surface area contributed by atoms with E-state index in [0.717, 1.165) is 12.8 Å². The van der Waals surface area contributed by atoms with E-state index in [0.29, 0.717) is 16.7 Å². The number of hydrogen-bond acceptors (Lipinski definition) is 3. The molecule has 0 fully saturated rings. The van der Waals surface area contributed by atoms with E-state index in [1.54, 1.807) is 42.7 Å². The van der Waals surface area contributed by atoms with Crippen LogP contribution in [0.2, 0.25) is 0 Å². The minimum absolute atomic E-state index is 0.0904. The van der Waals surface area contributed by atoms with Gasteiger partial charge in [-0.25, -0.2) is 0 Å². The quantitative estimate of drug-likeness (QED) is 0.652. The summed E-state index contributed by atoms with van der Waals surface area (Å²) < 4.78 is 0. The highest BCUT2D eigenvalue weighted by Gasteiger charge is 2.17. The Balaban J connectivity index is 1.95. The summed E-state index contributed by atoms with van der Waals surface area (Å²) >= 11 is 0. The van der Waals surface area contributed by atoms with Crippen LogP contribution in [0.25, 0.3) is 0 Å². The van der Waals surface area contributed by atoms with Crippen LogP contribution in [0.15, 0.2) is 42.7 Å². The number of aliphatic hydroxyl groups is 1. The van der Waals surface area contributed by atoms with Gasteiger partial charge >= 0.3 is 0 Å². The van der Waals surface area contributed by atoms with Crippen LogP contribution in [0.5, 0.6) is 0 Å². The smallest absolute Gasteiger partial charge is 0.251 e. The second-order valence-electron chi connectivity index (χ2n) is 5.86. The fraction of sp³-hybridized carbons (Fsp3) is 0.368. The summed E-state index contributed by atoms with van der Waals surface area (Å²) in [4.78, 5) is 27.2. The predicted octanol–water partition coefficient (Wildman–Crippen LogP) is 2.77. The van der Waals surface area contributed by atoms with Gasteiger partial charge in [0.05, 0.1) is 6.10 Å². The van der Waals surface area contributed by atoms with E-state index in [1.807, 2.05) is 13.8 Å². The number of aliphatic hydroxyl groups excluding tert-OH is 1. The zero-order valence-electron chi connectivity index (χ0n) is 14.1. The van der Waals surface area contributed by atoms with Gasteiger partial charge in [-0.3, -0.25) is 9.59 Å². The van der Waals surface area contributed by atoms with Gasteiger partial charge in [0.2, 0.25) is 0 Å². The molecule has 24 heavy (non-hydrogen) atoms. The molecule has 1 amide bonds. The highest BCUT2D eigenvalue weighted by atomic mass is 16.3. The number of ketones is 1. The third kappa shape index (κ3) is 4.32. The van der Waals surface area contributed by atoms with Crippen molar-refractivity contribution >= 4 is 11.7 Å². The number of nitrogens with one attached hydrogen (secondary N) is 2. The third-order valence-corrected chi connectivity index (χ3v) is 4.33. The van der Waals surface area contributed by atoms with Gasteiger partial charge in [-0.2, -0.15) is 0 Å². The summed E-state index contributed by atoms with van der Waals surface area (Å²) in [6.07, 6.45) is 4.55. The molecule has 0 saturated carbocycles. The van der Waals surface area contributed by atoms with Crippen molar-refractivity contribution in [3.05, 3.63) is 59.4 Å². The van der Waals surface area contributed by atoms with E-state index in [9.17, 15) is 14.7 Å². The number of carbonyl (C=O) groups excluding carboxylic acids is 2. The van der Waals surface area contributed by atoms with Crippen molar-refractivity contribution in [1.29, 1.82) is 0 Å². The Bertz CT molecular complexity index is 658. The average Bonchev–Trinajstić information content (AvgIpc) is 3.15. The summed E-state index contributed by atoms with van der Waals surface area (Å²) in [6, 6.07) is 8.24. The number of aromatic amines is 1. The lowest BCUT2D eigenvalue weighted by Crippen LogP contribution is -2.36. The predicted molar refractivity (Wildman–Crippen MR) is 93.1 cm³/mol. The fourth-order valence-electron chi connectivity index (χ4n) is 2.70. The Morgan fingerprint density at radius 2 is 1.67 bits per heavy atom. The molecule has 2 rings (SSSR count). The lowest BCUT2D eigenvalue weighted by atomic mass is 9.96. The van der Waals surface area contributed by atoms with Gasteiger partial charge in [0.1, 0.15) is 0 Å². The van der Waals surface area contributed by atoms with Crippen LogP contribution in [-0.2, 0) is 0 Å². The summed E-state index contributed by atoms with van der Waals surface area (Å²) in [5.41, 5.74) is 1.58. The largest absolute Gasteiger partial charge is 0.391 e. The molecule has 2 aromatic rings. The van der Waals surface area contributed by atoms with E-state index in [1.165, 1.54) is 0 Å². The van der Waals surface area contributed by atoms with E-state index in [-0.39, 0.29) is 24.2 Å². The maximum atomic E-state index is 12.2. The van der Waals surface area contributed by atoms with Crippen molar-refractivity contribution < 1.29 is 14.7 Å². The molecule has 0 bridgehead atoms. The van der Waals surface area contributed by atoms with E-state index < -0.39 is 6.10 Å². The van der Waals surface area contributed by atoms with Crippen LogP contribution >= 0.6 is 0 Å². The van der Waals surface area contributed by atoms with Crippen LogP contribution in [0.1, 0.15) is 53.0 Å². The van der Waals surface area contributed by atoms with Crippen molar-refractivity contribution in [3.8, 4) is 0 Å². The summed E-state index contributed by atoms with van der Waals surface area (Å²) in [6.45, 7) is 4.29. The number of amides is 1. The summed E-state index contributed by atoms with van der Waals surface area (Å²) in [5.74, 6) is -0.153. The lowest BCUT2D eigenvalue weighted by Gasteiger charge is -2.20. The second kappa shape index (κ2) is 8.45. The number of carbonyl (C=O) groups is 2. The molecule has 0 saturated heterocycles. The van der Waals surface area contributed by atoms with Gasteiger partial charge < -0.3 is 15.4 Å². The summed E-state index contributed by atoms with van der Waals surface area (Å²) in [7, 11) is 0. The molecular formula is C19H24N2O3. The van der Waals surface area contributed by atoms with Crippen molar-refractivity contribution in [2.45, 2.75) is 32.8 Å². The minimum Gasteiger partial charge on any atom is -0.391 e. The first-order valence-electron chi connectivity index (χ1n) is 8.30. The SMILES string of the molecule is CCC(CC)C(O)CNC(=O)c1ccc(C(=O)c2cc[nH]c2)cc1. The average molecular weight is 328 g/mol. The van der Waals surface area contributed by atoms with Gasteiger partial charge in [-0.05, 0) is 24.1 Å². The number of benzene rings is 1. The molecule has 1 unspecified atom stereocenters. The van der Waals surface area contributed by atoms with E-state index in [4.69, 9.17) is 0 Å². The Morgan fingerprint density at radius 1 is 1.04 bits per heavy atom. The van der Waals surface area contributed by atoms with Gasteiger partial charge in [-0.1, -0.05) is 38.8 Å². The first-order chi connectivity index (χ1) is 11.6. The van der Waals surface area contributed by atoms with Crippen LogP contribution in [0, 0.1) is 5.92 Å². The maximum absolute atomic E-state index is 12.2. The lowest BCUT2D eigenvalue weighted by molar-refractivity contribution is 0.0816. The molecule has 1 atom stereocenters. The van der Waals surface area contributed by atoms with Crippen LogP contribution in [-0.4, -0.2) is 34.4 Å². The van der Waals surface area contributed by atoms with Gasteiger partial charge in [0, 0.05) is 35.6 Å². The molecule has 0 aliphatic carbocycles. The molecule has 0 radical (unpaired) electrons. The molecule has 1 heterocycles. The molecule has 0 aliphatic rings. The molecule has 0 spiro atoms. The van der Waals surface area contributed by atoms with Crippen LogP contribution in [0.4, 0.5) is 0 Å². The van der Waals surface area contributed by atoms with Crippen LogP contribution < -0.4 is 5.32 Å². The van der Waals surface area contributed by atoms with Crippen molar-refractivity contribution in [3.63, 3.8) is 0 Å². The highest BCUT2D eigenvalue weighted by Crippen LogP contribution is 2.13. The molecule has 128 valence electrons. The molecule has 1 aromatic carbocycles. The number of rotatable bonds is 8. The fourth-order valence-corrected chi connectivity index (χ4v) is 2.70. The Hall–Kier alpha value is -2.40.